The van der Waals surface area contributed by atoms with Crippen LogP contribution in [0.3, 0.4) is 0 Å². The Morgan fingerprint density at radius 1 is 1.04 bits per heavy atom. The standard InChI is InChI=1S/C20H14N2O4/c21-11-14-6-2-4-8-17(14)22-18(23)12-26-20(25)16-10-9-13-5-1-3-7-15(13)19(16)24/h1-10,24H,12H2,(H,22,23). The molecule has 0 saturated heterocycles. The molecule has 2 N–H and O–H groups in total. The maximum absolute atomic E-state index is 12.2. The molecule has 3 aromatic carbocycles. The van der Waals surface area contributed by atoms with E-state index in [1.807, 2.05) is 18.2 Å². The molecule has 1 amide bonds. The Balaban J connectivity index is 1.68. The lowest BCUT2D eigenvalue weighted by molar-refractivity contribution is -0.119. The molecule has 0 radical (unpaired) electrons. The number of hydrogen-bond acceptors (Lipinski definition) is 5. The highest BCUT2D eigenvalue weighted by Gasteiger charge is 2.17. The van der Waals surface area contributed by atoms with Crippen molar-refractivity contribution in [3.05, 3.63) is 71.8 Å². The number of rotatable bonds is 4. The number of nitrogens with zero attached hydrogens (tertiary/aromatic N) is 1. The number of carbonyl (C=O) groups excluding carboxylic acids is 2. The van der Waals surface area contributed by atoms with Gasteiger partial charge in [0.25, 0.3) is 5.91 Å². The predicted molar refractivity (Wildman–Crippen MR) is 95.7 cm³/mol. The van der Waals surface area contributed by atoms with Crippen LogP contribution in [0.15, 0.2) is 60.7 Å². The molecule has 0 aromatic heterocycles. The van der Waals surface area contributed by atoms with E-state index in [0.29, 0.717) is 16.6 Å². The molecule has 3 aromatic rings. The van der Waals surface area contributed by atoms with E-state index in [1.54, 1.807) is 42.5 Å². The van der Waals surface area contributed by atoms with E-state index in [4.69, 9.17) is 10.00 Å². The number of esters is 1. The Hall–Kier alpha value is -3.85. The van der Waals surface area contributed by atoms with Crippen molar-refractivity contribution in [1.82, 2.24) is 0 Å². The lowest BCUT2D eigenvalue weighted by atomic mass is 10.1. The number of fused-ring (bicyclic) bond motifs is 1. The largest absolute Gasteiger partial charge is 0.506 e. The maximum Gasteiger partial charge on any atom is 0.342 e. The van der Waals surface area contributed by atoms with Gasteiger partial charge >= 0.3 is 5.97 Å². The highest BCUT2D eigenvalue weighted by Crippen LogP contribution is 2.29. The van der Waals surface area contributed by atoms with Crippen molar-refractivity contribution in [3.63, 3.8) is 0 Å². The molecule has 0 atom stereocenters. The van der Waals surface area contributed by atoms with E-state index in [2.05, 4.69) is 5.32 Å². The average Bonchev–Trinajstić information content (AvgIpc) is 2.67. The summed E-state index contributed by atoms with van der Waals surface area (Å²) < 4.78 is 4.97. The van der Waals surface area contributed by atoms with E-state index in [0.717, 1.165) is 5.39 Å². The molecule has 6 nitrogen and oxygen atoms in total. The molecule has 128 valence electrons. The number of phenols is 1. The predicted octanol–water partition coefficient (Wildman–Crippen LogP) is 3.21. The molecule has 0 unspecified atom stereocenters. The summed E-state index contributed by atoms with van der Waals surface area (Å²) in [6.45, 7) is -0.537. The second-order valence-corrected chi connectivity index (χ2v) is 5.46. The number of ether oxygens (including phenoxy) is 1. The summed E-state index contributed by atoms with van der Waals surface area (Å²) in [6.07, 6.45) is 0. The van der Waals surface area contributed by atoms with Crippen LogP contribution in [0.25, 0.3) is 10.8 Å². The molecule has 0 fully saturated rings. The number of carbonyl (C=O) groups is 2. The topological polar surface area (TPSA) is 99.4 Å². The SMILES string of the molecule is N#Cc1ccccc1NC(=O)COC(=O)c1ccc2ccccc2c1O. The third-order valence-electron chi connectivity index (χ3n) is 3.78. The molecule has 0 heterocycles. The van der Waals surface area contributed by atoms with Crippen LogP contribution >= 0.6 is 0 Å². The molecule has 0 spiro atoms. The summed E-state index contributed by atoms with van der Waals surface area (Å²) >= 11 is 0. The molecule has 26 heavy (non-hydrogen) atoms. The van der Waals surface area contributed by atoms with Crippen LogP contribution in [-0.4, -0.2) is 23.6 Å². The maximum atomic E-state index is 12.2. The van der Waals surface area contributed by atoms with Crippen LogP contribution < -0.4 is 5.32 Å². The van der Waals surface area contributed by atoms with Gasteiger partial charge in [-0.2, -0.15) is 5.26 Å². The normalized spacial score (nSPS) is 10.1. The Morgan fingerprint density at radius 2 is 1.77 bits per heavy atom. The zero-order chi connectivity index (χ0) is 18.5. The number of hydrogen-bond donors (Lipinski definition) is 2. The van der Waals surface area contributed by atoms with Crippen LogP contribution in [0.1, 0.15) is 15.9 Å². The van der Waals surface area contributed by atoms with Crippen molar-refractivity contribution in [2.45, 2.75) is 0 Å². The molecule has 0 aliphatic heterocycles. The number of phenolic OH excluding ortho intramolecular Hbond substituents is 1. The minimum Gasteiger partial charge on any atom is -0.506 e. The van der Waals surface area contributed by atoms with Gasteiger partial charge in [-0.05, 0) is 23.6 Å². The number of benzene rings is 3. The van der Waals surface area contributed by atoms with Crippen LogP contribution in [-0.2, 0) is 9.53 Å². The van der Waals surface area contributed by atoms with Gasteiger partial charge in [0.15, 0.2) is 6.61 Å². The summed E-state index contributed by atoms with van der Waals surface area (Å²) in [5.41, 5.74) is 0.623. The number of nitrogens with one attached hydrogen (secondary N) is 1. The summed E-state index contributed by atoms with van der Waals surface area (Å²) in [4.78, 5) is 24.1. The van der Waals surface area contributed by atoms with E-state index < -0.39 is 18.5 Å². The van der Waals surface area contributed by atoms with Gasteiger partial charge in [-0.15, -0.1) is 0 Å². The van der Waals surface area contributed by atoms with Gasteiger partial charge in [0, 0.05) is 5.39 Å². The summed E-state index contributed by atoms with van der Waals surface area (Å²) in [6, 6.07) is 18.7. The monoisotopic (exact) mass is 346 g/mol. The van der Waals surface area contributed by atoms with Gasteiger partial charge in [0.1, 0.15) is 17.4 Å². The van der Waals surface area contributed by atoms with Gasteiger partial charge in [-0.25, -0.2) is 4.79 Å². The van der Waals surface area contributed by atoms with Gasteiger partial charge in [0.2, 0.25) is 0 Å². The number of aromatic hydroxyl groups is 1. The summed E-state index contributed by atoms with van der Waals surface area (Å²) in [5.74, 6) is -1.58. The first-order valence-electron chi connectivity index (χ1n) is 7.77. The minimum absolute atomic E-state index is 0.0195. The van der Waals surface area contributed by atoms with Crippen LogP contribution in [0, 0.1) is 11.3 Å². The van der Waals surface area contributed by atoms with Crippen molar-refractivity contribution < 1.29 is 19.4 Å². The van der Waals surface area contributed by atoms with Crippen molar-refractivity contribution >= 4 is 28.3 Å². The van der Waals surface area contributed by atoms with E-state index in [-0.39, 0.29) is 11.3 Å². The average molecular weight is 346 g/mol. The first-order chi connectivity index (χ1) is 12.6. The lowest BCUT2D eigenvalue weighted by Gasteiger charge is -2.09. The van der Waals surface area contributed by atoms with Crippen molar-refractivity contribution in [2.24, 2.45) is 0 Å². The molecule has 0 aliphatic carbocycles. The molecule has 0 saturated carbocycles. The number of nitriles is 1. The summed E-state index contributed by atoms with van der Waals surface area (Å²) in [7, 11) is 0. The highest BCUT2D eigenvalue weighted by molar-refractivity contribution is 6.02. The zero-order valence-electron chi connectivity index (χ0n) is 13.6. The second kappa shape index (κ2) is 7.36. The molecule has 6 heteroatoms. The van der Waals surface area contributed by atoms with E-state index in [9.17, 15) is 14.7 Å². The van der Waals surface area contributed by atoms with Crippen molar-refractivity contribution in [1.29, 1.82) is 5.26 Å². The van der Waals surface area contributed by atoms with Crippen LogP contribution in [0.4, 0.5) is 5.69 Å². The highest BCUT2D eigenvalue weighted by atomic mass is 16.5. The number of anilines is 1. The molecule has 0 bridgehead atoms. The van der Waals surface area contributed by atoms with E-state index >= 15 is 0 Å². The Labute approximate surface area is 149 Å². The Morgan fingerprint density at radius 3 is 2.58 bits per heavy atom. The van der Waals surface area contributed by atoms with Crippen LogP contribution in [0.2, 0.25) is 0 Å². The van der Waals surface area contributed by atoms with Crippen LogP contribution in [0.5, 0.6) is 5.75 Å². The minimum atomic E-state index is -0.808. The first-order valence-corrected chi connectivity index (χ1v) is 7.77. The fourth-order valence-corrected chi connectivity index (χ4v) is 2.50. The fourth-order valence-electron chi connectivity index (χ4n) is 2.50. The second-order valence-electron chi connectivity index (χ2n) is 5.46. The molecule has 0 aliphatic rings. The Kier molecular flexibility index (Phi) is 4.81. The third-order valence-corrected chi connectivity index (χ3v) is 3.78. The van der Waals surface area contributed by atoms with Gasteiger partial charge in [-0.1, -0.05) is 42.5 Å². The van der Waals surface area contributed by atoms with Gasteiger partial charge < -0.3 is 15.2 Å². The molecular formula is C20H14N2O4. The van der Waals surface area contributed by atoms with Gasteiger partial charge in [0.05, 0.1) is 11.3 Å². The number of para-hydroxylation sites is 1. The lowest BCUT2D eigenvalue weighted by Crippen LogP contribution is -2.21. The van der Waals surface area contributed by atoms with E-state index in [1.165, 1.54) is 6.07 Å². The smallest absolute Gasteiger partial charge is 0.342 e. The van der Waals surface area contributed by atoms with Crippen molar-refractivity contribution in [3.8, 4) is 11.8 Å². The summed E-state index contributed by atoms with van der Waals surface area (Å²) in [5, 5.41) is 23.1. The number of amides is 1. The molecular weight excluding hydrogens is 332 g/mol. The van der Waals surface area contributed by atoms with Gasteiger partial charge in [-0.3, -0.25) is 4.79 Å². The fraction of sp³-hybridized carbons (Fsp3) is 0.0500. The molecule has 3 rings (SSSR count). The quantitative estimate of drug-likeness (QED) is 0.707. The Bertz CT molecular complexity index is 1040. The van der Waals surface area contributed by atoms with Crippen molar-refractivity contribution in [2.75, 3.05) is 11.9 Å². The third kappa shape index (κ3) is 3.47. The zero-order valence-corrected chi connectivity index (χ0v) is 13.6. The first kappa shape index (κ1) is 17.0.